The fourth-order valence-electron chi connectivity index (χ4n) is 2.16. The summed E-state index contributed by atoms with van der Waals surface area (Å²) in [6.45, 7) is 5.32. The van der Waals surface area contributed by atoms with Gasteiger partial charge in [0, 0.05) is 37.0 Å². The summed E-state index contributed by atoms with van der Waals surface area (Å²) in [6, 6.07) is 5.15. The highest BCUT2D eigenvalue weighted by Gasteiger charge is 2.06. The molecule has 0 aliphatic rings. The number of aryl methyl sites for hydroxylation is 2. The zero-order valence-electron chi connectivity index (χ0n) is 14.9. The normalized spacial score (nSPS) is 11.0. The number of aromatic nitrogens is 1. The van der Waals surface area contributed by atoms with Crippen LogP contribution in [-0.2, 0) is 13.0 Å². The van der Waals surface area contributed by atoms with Crippen molar-refractivity contribution in [2.45, 2.75) is 26.8 Å². The van der Waals surface area contributed by atoms with Crippen molar-refractivity contribution >= 4 is 41.3 Å². The van der Waals surface area contributed by atoms with Crippen molar-refractivity contribution < 1.29 is 9.84 Å². The lowest BCUT2D eigenvalue weighted by Crippen LogP contribution is -2.37. The van der Waals surface area contributed by atoms with Crippen LogP contribution in [-0.4, -0.2) is 36.8 Å². The minimum absolute atomic E-state index is 0. The van der Waals surface area contributed by atoms with Gasteiger partial charge in [-0.3, -0.25) is 4.99 Å². The molecule has 2 rings (SSSR count). The van der Waals surface area contributed by atoms with Crippen LogP contribution in [0.15, 0.2) is 23.2 Å². The van der Waals surface area contributed by atoms with E-state index >= 15 is 0 Å². The molecule has 25 heavy (non-hydrogen) atoms. The first kappa shape index (κ1) is 21.5. The van der Waals surface area contributed by atoms with Gasteiger partial charge in [-0.1, -0.05) is 0 Å². The number of hydrogen-bond acceptors (Lipinski definition) is 5. The molecule has 0 fully saturated rings. The van der Waals surface area contributed by atoms with Crippen LogP contribution in [0, 0.1) is 13.8 Å². The van der Waals surface area contributed by atoms with E-state index in [1.54, 1.807) is 43.7 Å². The van der Waals surface area contributed by atoms with E-state index in [-0.39, 0.29) is 29.7 Å². The number of rotatable bonds is 6. The van der Waals surface area contributed by atoms with Gasteiger partial charge in [0.15, 0.2) is 5.96 Å². The van der Waals surface area contributed by atoms with Crippen molar-refractivity contribution in [3.8, 4) is 11.5 Å². The van der Waals surface area contributed by atoms with Crippen molar-refractivity contribution in [2.75, 3.05) is 20.7 Å². The number of aromatic hydroxyl groups is 1. The summed E-state index contributed by atoms with van der Waals surface area (Å²) < 4.78 is 5.18. The van der Waals surface area contributed by atoms with Crippen LogP contribution in [0.1, 0.15) is 21.1 Å². The van der Waals surface area contributed by atoms with Crippen LogP contribution in [0.5, 0.6) is 11.5 Å². The van der Waals surface area contributed by atoms with E-state index in [1.807, 2.05) is 6.92 Å². The second-order valence-corrected chi connectivity index (χ2v) is 6.63. The molecule has 3 N–H and O–H groups in total. The quantitative estimate of drug-likeness (QED) is 0.340. The molecule has 0 saturated heterocycles. The average molecular weight is 476 g/mol. The zero-order chi connectivity index (χ0) is 17.5. The van der Waals surface area contributed by atoms with E-state index in [9.17, 15) is 5.11 Å². The molecule has 0 radical (unpaired) electrons. The van der Waals surface area contributed by atoms with Gasteiger partial charge in [0.25, 0.3) is 0 Å². The zero-order valence-corrected chi connectivity index (χ0v) is 18.1. The van der Waals surface area contributed by atoms with Crippen molar-refractivity contribution in [3.63, 3.8) is 0 Å². The van der Waals surface area contributed by atoms with Crippen LogP contribution >= 0.6 is 35.3 Å². The summed E-state index contributed by atoms with van der Waals surface area (Å²) in [4.78, 5) is 9.99. The Hall–Kier alpha value is -1.55. The largest absolute Gasteiger partial charge is 0.508 e. The minimum Gasteiger partial charge on any atom is -0.508 e. The van der Waals surface area contributed by atoms with Crippen LogP contribution in [0.2, 0.25) is 0 Å². The van der Waals surface area contributed by atoms with Gasteiger partial charge in [0.05, 0.1) is 17.8 Å². The van der Waals surface area contributed by atoms with Crippen LogP contribution < -0.4 is 15.4 Å². The number of ether oxygens (including phenoxy) is 1. The Kier molecular flexibility index (Phi) is 8.98. The summed E-state index contributed by atoms with van der Waals surface area (Å²) in [5.74, 6) is 1.62. The van der Waals surface area contributed by atoms with E-state index in [0.717, 1.165) is 29.2 Å². The molecule has 138 valence electrons. The number of methoxy groups -OCH3 is 1. The molecule has 0 saturated carbocycles. The minimum atomic E-state index is 0. The lowest BCUT2D eigenvalue weighted by molar-refractivity contribution is 0.410. The molecule has 0 amide bonds. The number of nitrogens with one attached hydrogen (secondary N) is 2. The number of nitrogens with zero attached hydrogens (tertiary/aromatic N) is 2. The molecule has 8 heteroatoms. The molecule has 0 spiro atoms. The third-order valence-electron chi connectivity index (χ3n) is 3.66. The molecule has 0 aliphatic heterocycles. The van der Waals surface area contributed by atoms with Gasteiger partial charge >= 0.3 is 0 Å². The molecule has 0 bridgehead atoms. The molecular formula is C17H25IN4O2S. The summed E-state index contributed by atoms with van der Waals surface area (Å²) in [5.41, 5.74) is 1.86. The first-order chi connectivity index (χ1) is 11.5. The molecule has 0 atom stereocenters. The van der Waals surface area contributed by atoms with Crippen LogP contribution in [0.4, 0.5) is 0 Å². The van der Waals surface area contributed by atoms with Gasteiger partial charge in [-0.2, -0.15) is 0 Å². The maximum absolute atomic E-state index is 9.91. The first-order valence-corrected chi connectivity index (χ1v) is 8.58. The Balaban J connectivity index is 0.00000312. The van der Waals surface area contributed by atoms with Crippen molar-refractivity contribution in [1.82, 2.24) is 15.6 Å². The third kappa shape index (κ3) is 6.35. The van der Waals surface area contributed by atoms with Crippen molar-refractivity contribution in [3.05, 3.63) is 39.3 Å². The van der Waals surface area contributed by atoms with Gasteiger partial charge in [-0.05, 0) is 32.0 Å². The third-order valence-corrected chi connectivity index (χ3v) is 4.79. The molecule has 2 aromatic rings. The number of halogens is 1. The van der Waals surface area contributed by atoms with Gasteiger partial charge in [-0.25, -0.2) is 4.98 Å². The molecular weight excluding hydrogens is 451 g/mol. The fraction of sp³-hybridized carbons (Fsp3) is 0.412. The van der Waals surface area contributed by atoms with Crippen LogP contribution in [0.3, 0.4) is 0 Å². The average Bonchev–Trinajstić information content (AvgIpc) is 2.90. The molecule has 1 aromatic carbocycles. The molecule has 0 aliphatic carbocycles. The second kappa shape index (κ2) is 10.4. The van der Waals surface area contributed by atoms with E-state index in [2.05, 4.69) is 27.5 Å². The number of guanidine groups is 1. The smallest absolute Gasteiger partial charge is 0.191 e. The number of phenolic OH excluding ortho intramolecular Hbond substituents is 1. The Morgan fingerprint density at radius 3 is 2.68 bits per heavy atom. The van der Waals surface area contributed by atoms with Gasteiger partial charge in [0.1, 0.15) is 11.5 Å². The molecule has 0 unspecified atom stereocenters. The predicted molar refractivity (Wildman–Crippen MR) is 114 cm³/mol. The highest BCUT2D eigenvalue weighted by atomic mass is 127. The van der Waals surface area contributed by atoms with Gasteiger partial charge in [-0.15, -0.1) is 35.3 Å². The maximum Gasteiger partial charge on any atom is 0.191 e. The van der Waals surface area contributed by atoms with Crippen molar-refractivity contribution in [2.24, 2.45) is 4.99 Å². The SMILES string of the molecule is CN=C(NCCc1nc(C)c(C)s1)NCc1cc(OC)ccc1O.I. The standard InChI is InChI=1S/C17H24N4O2S.HI/c1-11-12(2)24-16(21-11)7-8-19-17(18-3)20-10-13-9-14(23-4)5-6-15(13)22;/h5-6,9,22H,7-8,10H2,1-4H3,(H2,18,19,20);1H. The summed E-state index contributed by atoms with van der Waals surface area (Å²) in [7, 11) is 3.32. The Labute approximate surface area is 169 Å². The summed E-state index contributed by atoms with van der Waals surface area (Å²) in [6.07, 6.45) is 0.852. The first-order valence-electron chi connectivity index (χ1n) is 7.76. The maximum atomic E-state index is 9.91. The molecule has 1 heterocycles. The number of aliphatic imine (C=N–C) groups is 1. The van der Waals surface area contributed by atoms with Gasteiger partial charge in [0.2, 0.25) is 0 Å². The topological polar surface area (TPSA) is 78.8 Å². The second-order valence-electron chi connectivity index (χ2n) is 5.35. The Morgan fingerprint density at radius 1 is 1.32 bits per heavy atom. The van der Waals surface area contributed by atoms with Gasteiger partial charge < -0.3 is 20.5 Å². The highest BCUT2D eigenvalue weighted by molar-refractivity contribution is 14.0. The Bertz CT molecular complexity index is 699. The lowest BCUT2D eigenvalue weighted by atomic mass is 10.2. The monoisotopic (exact) mass is 476 g/mol. The molecule has 6 nitrogen and oxygen atoms in total. The molecule has 1 aromatic heterocycles. The number of phenols is 1. The van der Waals surface area contributed by atoms with E-state index in [1.165, 1.54) is 4.88 Å². The Morgan fingerprint density at radius 2 is 2.08 bits per heavy atom. The number of hydrogen-bond donors (Lipinski definition) is 3. The van der Waals surface area contributed by atoms with Crippen LogP contribution in [0.25, 0.3) is 0 Å². The van der Waals surface area contributed by atoms with Crippen molar-refractivity contribution in [1.29, 1.82) is 0 Å². The number of thiazole rings is 1. The van der Waals surface area contributed by atoms with E-state index in [0.29, 0.717) is 18.3 Å². The van der Waals surface area contributed by atoms with E-state index in [4.69, 9.17) is 4.74 Å². The summed E-state index contributed by atoms with van der Waals surface area (Å²) in [5, 5.41) is 17.5. The van der Waals surface area contributed by atoms with E-state index < -0.39 is 0 Å². The lowest BCUT2D eigenvalue weighted by Gasteiger charge is -2.13. The highest BCUT2D eigenvalue weighted by Crippen LogP contribution is 2.22. The fourth-order valence-corrected chi connectivity index (χ4v) is 3.10. The summed E-state index contributed by atoms with van der Waals surface area (Å²) >= 11 is 1.73. The predicted octanol–water partition coefficient (Wildman–Crippen LogP) is 3.00. The number of benzene rings is 1.